The van der Waals surface area contributed by atoms with E-state index in [2.05, 4.69) is 5.16 Å². The van der Waals surface area contributed by atoms with Gasteiger partial charge in [0.2, 0.25) is 0 Å². The molecule has 2 aromatic heterocycles. The molecule has 0 spiro atoms. The highest BCUT2D eigenvalue weighted by molar-refractivity contribution is 5.79. The van der Waals surface area contributed by atoms with Gasteiger partial charge in [0, 0.05) is 29.6 Å². The van der Waals surface area contributed by atoms with E-state index >= 15 is 0 Å². The zero-order valence-corrected chi connectivity index (χ0v) is 15.0. The molecule has 1 aliphatic heterocycles. The van der Waals surface area contributed by atoms with Crippen LogP contribution in [0.4, 0.5) is 4.39 Å². The van der Waals surface area contributed by atoms with Crippen LogP contribution in [0.15, 0.2) is 44.6 Å². The number of nitrogens with zero attached hydrogens (tertiary/aromatic N) is 3. The zero-order valence-electron chi connectivity index (χ0n) is 15.0. The van der Waals surface area contributed by atoms with Crippen molar-refractivity contribution in [3.05, 3.63) is 62.8 Å². The molecule has 28 heavy (non-hydrogen) atoms. The summed E-state index contributed by atoms with van der Waals surface area (Å²) in [4.78, 5) is 25.4. The van der Waals surface area contributed by atoms with Gasteiger partial charge in [-0.3, -0.25) is 13.9 Å². The van der Waals surface area contributed by atoms with E-state index in [0.29, 0.717) is 11.1 Å². The number of halogens is 1. The topological polar surface area (TPSA) is 99.5 Å². The van der Waals surface area contributed by atoms with Gasteiger partial charge in [0.1, 0.15) is 17.7 Å². The quantitative estimate of drug-likeness (QED) is 0.723. The minimum absolute atomic E-state index is 0.0339. The Morgan fingerprint density at radius 1 is 1.36 bits per heavy atom. The van der Waals surface area contributed by atoms with Crippen LogP contribution in [-0.4, -0.2) is 31.6 Å². The van der Waals surface area contributed by atoms with Gasteiger partial charge in [0.05, 0.1) is 18.8 Å². The van der Waals surface area contributed by atoms with Crippen molar-refractivity contribution < 1.29 is 18.8 Å². The highest BCUT2D eigenvalue weighted by atomic mass is 19.1. The van der Waals surface area contributed by atoms with Crippen molar-refractivity contribution in [1.29, 1.82) is 0 Å². The normalized spacial score (nSPS) is 28.6. The fourth-order valence-electron chi connectivity index (χ4n) is 4.29. The molecular weight excluding hydrogens is 369 g/mol. The maximum Gasteiger partial charge on any atom is 0.333 e. The van der Waals surface area contributed by atoms with Crippen LogP contribution in [0.2, 0.25) is 0 Å². The van der Waals surface area contributed by atoms with E-state index < -0.39 is 28.9 Å². The zero-order chi connectivity index (χ0) is 19.6. The van der Waals surface area contributed by atoms with E-state index in [0.717, 1.165) is 11.0 Å². The van der Waals surface area contributed by atoms with Crippen LogP contribution >= 0.6 is 0 Å². The lowest BCUT2D eigenvalue weighted by atomic mass is 10.0. The lowest BCUT2D eigenvalue weighted by Gasteiger charge is -2.23. The summed E-state index contributed by atoms with van der Waals surface area (Å²) in [7, 11) is 0. The summed E-state index contributed by atoms with van der Waals surface area (Å²) in [6.07, 6.45) is 1.65. The Balaban J connectivity index is 1.53. The first-order valence-corrected chi connectivity index (χ1v) is 9.08. The van der Waals surface area contributed by atoms with Crippen molar-refractivity contribution in [1.82, 2.24) is 14.3 Å². The maximum atomic E-state index is 13.3. The Kier molecular flexibility index (Phi) is 3.62. The smallest absolute Gasteiger partial charge is 0.333 e. The number of benzene rings is 1. The summed E-state index contributed by atoms with van der Waals surface area (Å²) in [6, 6.07) is 5.27. The van der Waals surface area contributed by atoms with Gasteiger partial charge in [-0.2, -0.15) is 0 Å². The van der Waals surface area contributed by atoms with Crippen LogP contribution in [0.1, 0.15) is 25.3 Å². The van der Waals surface area contributed by atoms with Crippen molar-refractivity contribution >= 4 is 11.0 Å². The SMILES string of the molecule is C[C@H]1C2CC2(CO)O[C@H]1n1ccc(=O)n(Cc2noc3cc(F)ccc23)c1=O. The fraction of sp³-hybridized carbons (Fsp3) is 0.421. The molecule has 2 fully saturated rings. The summed E-state index contributed by atoms with van der Waals surface area (Å²) in [5, 5.41) is 14.0. The van der Waals surface area contributed by atoms with Crippen molar-refractivity contribution in [3.8, 4) is 0 Å². The summed E-state index contributed by atoms with van der Waals surface area (Å²) in [6.45, 7) is 1.78. The molecular formula is C19H18FN3O5. The second-order valence-electron chi connectivity index (χ2n) is 7.60. The number of fused-ring (bicyclic) bond motifs is 2. The molecule has 1 N–H and O–H groups in total. The van der Waals surface area contributed by atoms with Gasteiger partial charge < -0.3 is 14.4 Å². The van der Waals surface area contributed by atoms with E-state index in [1.54, 1.807) is 0 Å². The standard InChI is InChI=1S/C19H18FN3O5/c1-10-13-7-19(13,9-24)27-17(10)22-5-4-16(25)23(18(22)26)8-14-12-3-2-11(20)6-15(12)28-21-14/h2-6,10,13,17,24H,7-9H2,1H3/t10-,13?,17+,19?/m0/s1. The van der Waals surface area contributed by atoms with Crippen molar-refractivity contribution in [2.45, 2.75) is 31.7 Å². The Hall–Kier alpha value is -2.78. The summed E-state index contributed by atoms with van der Waals surface area (Å²) in [5.41, 5.74) is -0.972. The van der Waals surface area contributed by atoms with Gasteiger partial charge in [0.15, 0.2) is 5.58 Å². The van der Waals surface area contributed by atoms with E-state index in [4.69, 9.17) is 9.26 Å². The summed E-state index contributed by atoms with van der Waals surface area (Å²) >= 11 is 0. The lowest BCUT2D eigenvalue weighted by Crippen LogP contribution is -2.42. The first kappa shape index (κ1) is 17.3. The Labute approximate surface area is 157 Å². The van der Waals surface area contributed by atoms with Crippen molar-refractivity contribution in [2.24, 2.45) is 11.8 Å². The Morgan fingerprint density at radius 3 is 2.93 bits per heavy atom. The van der Waals surface area contributed by atoms with Gasteiger partial charge in [-0.15, -0.1) is 0 Å². The Morgan fingerprint density at radius 2 is 2.18 bits per heavy atom. The van der Waals surface area contributed by atoms with E-state index in [1.165, 1.54) is 35.0 Å². The van der Waals surface area contributed by atoms with Crippen molar-refractivity contribution in [3.63, 3.8) is 0 Å². The monoisotopic (exact) mass is 387 g/mol. The molecule has 0 amide bonds. The van der Waals surface area contributed by atoms with Crippen LogP contribution in [0.25, 0.3) is 11.0 Å². The molecule has 2 aliphatic rings. The van der Waals surface area contributed by atoms with E-state index in [1.807, 2.05) is 6.92 Å². The van der Waals surface area contributed by atoms with Crippen LogP contribution in [0.5, 0.6) is 0 Å². The lowest BCUT2D eigenvalue weighted by molar-refractivity contribution is -0.0734. The first-order chi connectivity index (χ1) is 13.4. The van der Waals surface area contributed by atoms with Gasteiger partial charge in [0.25, 0.3) is 5.56 Å². The molecule has 0 radical (unpaired) electrons. The van der Waals surface area contributed by atoms with Crippen molar-refractivity contribution in [2.75, 3.05) is 6.61 Å². The minimum Gasteiger partial charge on any atom is -0.393 e. The number of hydrogen-bond acceptors (Lipinski definition) is 6. The molecule has 3 aromatic rings. The molecule has 1 saturated heterocycles. The van der Waals surface area contributed by atoms with Crippen LogP contribution in [0, 0.1) is 17.7 Å². The molecule has 9 heteroatoms. The van der Waals surface area contributed by atoms with E-state index in [-0.39, 0.29) is 30.6 Å². The predicted molar refractivity (Wildman–Crippen MR) is 95.2 cm³/mol. The molecule has 0 bridgehead atoms. The highest BCUT2D eigenvalue weighted by Gasteiger charge is 2.66. The van der Waals surface area contributed by atoms with Crippen LogP contribution in [0.3, 0.4) is 0 Å². The van der Waals surface area contributed by atoms with Crippen LogP contribution in [-0.2, 0) is 11.3 Å². The van der Waals surface area contributed by atoms with Gasteiger partial charge in [-0.1, -0.05) is 12.1 Å². The molecule has 4 atom stereocenters. The van der Waals surface area contributed by atoms with Gasteiger partial charge >= 0.3 is 5.69 Å². The molecule has 3 heterocycles. The molecule has 1 saturated carbocycles. The molecule has 8 nitrogen and oxygen atoms in total. The molecule has 5 rings (SSSR count). The average molecular weight is 387 g/mol. The first-order valence-electron chi connectivity index (χ1n) is 9.08. The summed E-state index contributed by atoms with van der Waals surface area (Å²) in [5.74, 6) is -0.228. The number of aliphatic hydroxyl groups is 1. The predicted octanol–water partition coefficient (Wildman–Crippen LogP) is 1.25. The largest absolute Gasteiger partial charge is 0.393 e. The number of aromatic nitrogens is 3. The number of rotatable bonds is 4. The second-order valence-corrected chi connectivity index (χ2v) is 7.60. The van der Waals surface area contributed by atoms with Gasteiger partial charge in [-0.25, -0.2) is 9.18 Å². The van der Waals surface area contributed by atoms with Gasteiger partial charge in [-0.05, 0) is 24.5 Å². The van der Waals surface area contributed by atoms with Crippen LogP contribution < -0.4 is 11.2 Å². The molecule has 1 aromatic carbocycles. The third-order valence-electron chi connectivity index (χ3n) is 5.97. The third kappa shape index (κ3) is 2.39. The molecule has 1 aliphatic carbocycles. The second kappa shape index (κ2) is 5.86. The summed E-state index contributed by atoms with van der Waals surface area (Å²) < 4.78 is 26.9. The number of hydrogen-bond donors (Lipinski definition) is 1. The maximum absolute atomic E-state index is 13.3. The molecule has 2 unspecified atom stereocenters. The highest BCUT2D eigenvalue weighted by Crippen LogP contribution is 2.61. The minimum atomic E-state index is -0.573. The third-order valence-corrected chi connectivity index (χ3v) is 5.97. The average Bonchev–Trinajstić information content (AvgIpc) is 3.17. The number of ether oxygens (including phenoxy) is 1. The Bertz CT molecular complexity index is 1200. The fourth-order valence-corrected chi connectivity index (χ4v) is 4.29. The molecule has 146 valence electrons. The number of aliphatic hydroxyl groups excluding tert-OH is 1. The van der Waals surface area contributed by atoms with E-state index in [9.17, 15) is 19.1 Å².